The highest BCUT2D eigenvalue weighted by atomic mass is 35.5. The average Bonchev–Trinajstić information content (AvgIpc) is 2.89. The van der Waals surface area contributed by atoms with E-state index in [4.69, 9.17) is 23.2 Å². The van der Waals surface area contributed by atoms with Crippen LogP contribution in [0.1, 0.15) is 5.69 Å². The number of benzene rings is 1. The Balaban J connectivity index is 1.77. The molecule has 0 bridgehead atoms. The summed E-state index contributed by atoms with van der Waals surface area (Å²) in [4.78, 5) is 8.55. The van der Waals surface area contributed by atoms with Crippen LogP contribution in [0.5, 0.6) is 0 Å². The maximum Gasteiger partial charge on any atom is 0.153 e. The second-order valence-electron chi connectivity index (χ2n) is 4.60. The van der Waals surface area contributed by atoms with Crippen LogP contribution in [0.2, 0.25) is 10.0 Å². The Morgan fingerprint density at radius 3 is 2.41 bits per heavy atom. The molecule has 0 unspecified atom stereocenters. The summed E-state index contributed by atoms with van der Waals surface area (Å²) in [7, 11) is 0. The molecule has 6 nitrogen and oxygen atoms in total. The van der Waals surface area contributed by atoms with Crippen LogP contribution in [0.25, 0.3) is 0 Å². The standard InChI is InChI=1S/C14H12Cl2N6/c1-8-4-12(22-21-8)19-14-7-17-6-13(20-14)18-9-2-3-10(15)11(16)5-9/h2-7H,1H3,(H3,18,19,20,21,22). The van der Waals surface area contributed by atoms with E-state index in [-0.39, 0.29) is 0 Å². The van der Waals surface area contributed by atoms with Gasteiger partial charge in [-0.2, -0.15) is 5.10 Å². The molecule has 0 saturated carbocycles. The third-order valence-corrected chi connectivity index (χ3v) is 3.53. The van der Waals surface area contributed by atoms with Gasteiger partial charge >= 0.3 is 0 Å². The van der Waals surface area contributed by atoms with Crippen LogP contribution in [-0.2, 0) is 0 Å². The van der Waals surface area contributed by atoms with E-state index in [1.54, 1.807) is 24.5 Å². The van der Waals surface area contributed by atoms with Crippen molar-refractivity contribution >= 4 is 46.3 Å². The number of anilines is 4. The summed E-state index contributed by atoms with van der Waals surface area (Å²) in [5.41, 5.74) is 1.73. The van der Waals surface area contributed by atoms with Gasteiger partial charge in [0.25, 0.3) is 0 Å². The predicted octanol–water partition coefficient (Wildman–Crippen LogP) is 4.30. The normalized spacial score (nSPS) is 10.5. The maximum atomic E-state index is 5.99. The minimum Gasteiger partial charge on any atom is -0.339 e. The molecule has 0 saturated heterocycles. The first-order chi connectivity index (χ1) is 10.6. The molecule has 3 rings (SSSR count). The number of aryl methyl sites for hydroxylation is 1. The van der Waals surface area contributed by atoms with Gasteiger partial charge in [-0.3, -0.25) is 10.1 Å². The van der Waals surface area contributed by atoms with Gasteiger partial charge in [0.15, 0.2) is 17.5 Å². The minimum atomic E-state index is 0.473. The van der Waals surface area contributed by atoms with E-state index in [1.807, 2.05) is 19.1 Å². The van der Waals surface area contributed by atoms with E-state index in [0.29, 0.717) is 27.5 Å². The van der Waals surface area contributed by atoms with Crippen molar-refractivity contribution in [2.45, 2.75) is 6.92 Å². The first-order valence-electron chi connectivity index (χ1n) is 6.43. The lowest BCUT2D eigenvalue weighted by Gasteiger charge is -2.08. The van der Waals surface area contributed by atoms with Gasteiger partial charge in [-0.25, -0.2) is 4.98 Å². The smallest absolute Gasteiger partial charge is 0.153 e. The highest BCUT2D eigenvalue weighted by Gasteiger charge is 2.04. The zero-order valence-corrected chi connectivity index (χ0v) is 13.1. The molecule has 112 valence electrons. The van der Waals surface area contributed by atoms with E-state index in [9.17, 15) is 0 Å². The zero-order valence-electron chi connectivity index (χ0n) is 11.6. The number of halogens is 2. The van der Waals surface area contributed by atoms with Gasteiger partial charge in [0, 0.05) is 17.4 Å². The van der Waals surface area contributed by atoms with Crippen LogP contribution in [-0.4, -0.2) is 20.2 Å². The summed E-state index contributed by atoms with van der Waals surface area (Å²) in [6.07, 6.45) is 3.23. The number of aromatic amines is 1. The van der Waals surface area contributed by atoms with Crippen molar-refractivity contribution in [2.75, 3.05) is 10.6 Å². The maximum absolute atomic E-state index is 5.99. The highest BCUT2D eigenvalue weighted by Crippen LogP contribution is 2.26. The summed E-state index contributed by atoms with van der Waals surface area (Å²) < 4.78 is 0. The number of aromatic nitrogens is 4. The SMILES string of the molecule is Cc1cc(Nc2cncc(Nc3ccc(Cl)c(Cl)c3)n2)n[nH]1. The lowest BCUT2D eigenvalue weighted by atomic mass is 10.3. The summed E-state index contributed by atoms with van der Waals surface area (Å²) in [6, 6.07) is 7.13. The van der Waals surface area contributed by atoms with Gasteiger partial charge < -0.3 is 10.6 Å². The van der Waals surface area contributed by atoms with Gasteiger partial charge in [-0.1, -0.05) is 23.2 Å². The first-order valence-corrected chi connectivity index (χ1v) is 7.19. The summed E-state index contributed by atoms with van der Waals surface area (Å²) in [5.74, 6) is 1.84. The molecule has 3 N–H and O–H groups in total. The van der Waals surface area contributed by atoms with E-state index in [1.165, 1.54) is 0 Å². The fourth-order valence-electron chi connectivity index (χ4n) is 1.82. The summed E-state index contributed by atoms with van der Waals surface area (Å²) >= 11 is 11.9. The van der Waals surface area contributed by atoms with Crippen molar-refractivity contribution in [3.05, 3.63) is 52.4 Å². The van der Waals surface area contributed by atoms with Gasteiger partial charge in [-0.05, 0) is 25.1 Å². The van der Waals surface area contributed by atoms with Crippen LogP contribution in [0.3, 0.4) is 0 Å². The lowest BCUT2D eigenvalue weighted by Crippen LogP contribution is -1.99. The Hall–Kier alpha value is -2.31. The third kappa shape index (κ3) is 3.47. The molecule has 8 heteroatoms. The molecule has 22 heavy (non-hydrogen) atoms. The molecule has 0 aliphatic rings. The fourth-order valence-corrected chi connectivity index (χ4v) is 2.12. The number of hydrogen-bond acceptors (Lipinski definition) is 5. The van der Waals surface area contributed by atoms with E-state index in [0.717, 1.165) is 11.4 Å². The number of rotatable bonds is 4. The highest BCUT2D eigenvalue weighted by molar-refractivity contribution is 6.42. The molecule has 0 aliphatic heterocycles. The minimum absolute atomic E-state index is 0.473. The van der Waals surface area contributed by atoms with Gasteiger partial charge in [-0.15, -0.1) is 0 Å². The van der Waals surface area contributed by atoms with Crippen LogP contribution < -0.4 is 10.6 Å². The predicted molar refractivity (Wildman–Crippen MR) is 88.4 cm³/mol. The van der Waals surface area contributed by atoms with Gasteiger partial charge in [0.1, 0.15) is 0 Å². The molecule has 0 radical (unpaired) electrons. The summed E-state index contributed by atoms with van der Waals surface area (Å²) in [5, 5.41) is 14.1. The van der Waals surface area contributed by atoms with Crippen LogP contribution in [0.15, 0.2) is 36.7 Å². The molecular weight excluding hydrogens is 323 g/mol. The monoisotopic (exact) mass is 334 g/mol. The van der Waals surface area contributed by atoms with E-state index >= 15 is 0 Å². The Morgan fingerprint density at radius 2 is 1.73 bits per heavy atom. The first kappa shape index (κ1) is 14.6. The topological polar surface area (TPSA) is 78.5 Å². The van der Waals surface area contributed by atoms with Crippen molar-refractivity contribution in [1.82, 2.24) is 20.2 Å². The molecule has 0 atom stereocenters. The van der Waals surface area contributed by atoms with Crippen LogP contribution >= 0.6 is 23.2 Å². The average molecular weight is 335 g/mol. The molecule has 0 fully saturated rings. The lowest BCUT2D eigenvalue weighted by molar-refractivity contribution is 1.05. The molecular formula is C14H12Cl2N6. The van der Waals surface area contributed by atoms with Crippen molar-refractivity contribution < 1.29 is 0 Å². The van der Waals surface area contributed by atoms with Crippen molar-refractivity contribution in [1.29, 1.82) is 0 Å². The number of nitrogens with zero attached hydrogens (tertiary/aromatic N) is 3. The van der Waals surface area contributed by atoms with E-state index < -0.39 is 0 Å². The second kappa shape index (κ2) is 6.21. The Kier molecular flexibility index (Phi) is 4.13. The van der Waals surface area contributed by atoms with E-state index in [2.05, 4.69) is 30.8 Å². The van der Waals surface area contributed by atoms with Gasteiger partial charge in [0.05, 0.1) is 22.4 Å². The van der Waals surface area contributed by atoms with Crippen molar-refractivity contribution in [2.24, 2.45) is 0 Å². The largest absolute Gasteiger partial charge is 0.339 e. The molecule has 0 aliphatic carbocycles. The molecule has 0 amide bonds. The molecule has 0 spiro atoms. The number of H-pyrrole nitrogens is 1. The van der Waals surface area contributed by atoms with Gasteiger partial charge in [0.2, 0.25) is 0 Å². The number of nitrogens with one attached hydrogen (secondary N) is 3. The second-order valence-corrected chi connectivity index (χ2v) is 5.42. The van der Waals surface area contributed by atoms with Crippen molar-refractivity contribution in [3.8, 4) is 0 Å². The number of hydrogen-bond donors (Lipinski definition) is 3. The zero-order chi connectivity index (χ0) is 15.5. The third-order valence-electron chi connectivity index (χ3n) is 2.79. The van der Waals surface area contributed by atoms with Crippen molar-refractivity contribution in [3.63, 3.8) is 0 Å². The molecule has 2 heterocycles. The Bertz CT molecular complexity index is 802. The quantitative estimate of drug-likeness (QED) is 0.662. The molecule has 1 aromatic carbocycles. The Labute approximate surface area is 136 Å². The fraction of sp³-hybridized carbons (Fsp3) is 0.0714. The Morgan fingerprint density at radius 1 is 0.955 bits per heavy atom. The molecule has 2 aromatic heterocycles. The van der Waals surface area contributed by atoms with Crippen LogP contribution in [0.4, 0.5) is 23.1 Å². The van der Waals surface area contributed by atoms with Crippen LogP contribution in [0, 0.1) is 6.92 Å². The molecule has 3 aromatic rings. The summed E-state index contributed by atoms with van der Waals surface area (Å²) in [6.45, 7) is 1.92.